The molecule has 1 unspecified atom stereocenters. The number of nitrogens with zero attached hydrogens (tertiary/aromatic N) is 1. The van der Waals surface area contributed by atoms with Crippen molar-refractivity contribution >= 4 is 5.96 Å². The Hall–Kier alpha value is -2.47. The highest BCUT2D eigenvalue weighted by Crippen LogP contribution is 2.23. The van der Waals surface area contributed by atoms with E-state index in [1.54, 1.807) is 20.1 Å². The van der Waals surface area contributed by atoms with Gasteiger partial charge in [0.05, 0.1) is 13.7 Å². The summed E-state index contributed by atoms with van der Waals surface area (Å²) in [6, 6.07) is 11.7. The topological polar surface area (TPSA) is 79.0 Å². The van der Waals surface area contributed by atoms with Gasteiger partial charge in [-0.05, 0) is 63.4 Å². The predicted octanol–water partition coefficient (Wildman–Crippen LogP) is 2.99. The lowest BCUT2D eigenvalue weighted by molar-refractivity contribution is 0.0428. The van der Waals surface area contributed by atoms with Crippen molar-refractivity contribution in [3.63, 3.8) is 0 Å². The van der Waals surface area contributed by atoms with Crippen LogP contribution >= 0.6 is 0 Å². The van der Waals surface area contributed by atoms with E-state index in [-0.39, 0.29) is 6.54 Å². The molecule has 0 radical (unpaired) electrons. The highest BCUT2D eigenvalue weighted by molar-refractivity contribution is 5.79. The van der Waals surface area contributed by atoms with Crippen LogP contribution in [0.15, 0.2) is 45.8 Å². The third kappa shape index (κ3) is 6.64. The van der Waals surface area contributed by atoms with Crippen LogP contribution in [0.5, 0.6) is 5.75 Å². The molecule has 0 aliphatic carbocycles. The molecule has 0 fully saturated rings. The van der Waals surface area contributed by atoms with Gasteiger partial charge in [0.25, 0.3) is 0 Å². The Morgan fingerprint density at radius 3 is 2.74 bits per heavy atom. The second kappa shape index (κ2) is 10.0. The first-order valence-corrected chi connectivity index (χ1v) is 9.39. The first-order valence-electron chi connectivity index (χ1n) is 9.39. The maximum atomic E-state index is 10.6. The molecular weight excluding hydrogens is 342 g/mol. The molecule has 2 rings (SSSR count). The molecule has 0 amide bonds. The van der Waals surface area contributed by atoms with Crippen molar-refractivity contribution in [2.45, 2.75) is 39.2 Å². The van der Waals surface area contributed by atoms with Gasteiger partial charge in [-0.2, -0.15) is 0 Å². The quantitative estimate of drug-likeness (QED) is 0.358. The van der Waals surface area contributed by atoms with Gasteiger partial charge in [0.2, 0.25) is 0 Å². The standard InChI is InChI=1S/C21H31N3O3/c1-5-22-20(24-15-21(3,25)19-12-11-16(2)27-19)23-13-7-9-17-8-6-10-18(14-17)26-4/h6,8,10-12,14,25H,5,7,9,13,15H2,1-4H3,(H2,22,23,24). The van der Waals surface area contributed by atoms with Crippen molar-refractivity contribution in [3.8, 4) is 5.75 Å². The molecule has 1 heterocycles. The lowest BCUT2D eigenvalue weighted by Gasteiger charge is -2.19. The van der Waals surface area contributed by atoms with Crippen LogP contribution in [-0.2, 0) is 12.0 Å². The van der Waals surface area contributed by atoms with Crippen molar-refractivity contribution in [2.75, 3.05) is 26.7 Å². The SMILES string of the molecule is CCNC(=NCC(C)(O)c1ccc(C)o1)NCCCc1cccc(OC)c1. The Morgan fingerprint density at radius 2 is 2.07 bits per heavy atom. The number of benzene rings is 1. The van der Waals surface area contributed by atoms with Crippen molar-refractivity contribution in [1.29, 1.82) is 0 Å². The van der Waals surface area contributed by atoms with E-state index in [4.69, 9.17) is 9.15 Å². The number of nitrogens with one attached hydrogen (secondary N) is 2. The lowest BCUT2D eigenvalue weighted by atomic mass is 10.0. The number of hydrogen-bond donors (Lipinski definition) is 3. The molecule has 27 heavy (non-hydrogen) atoms. The van der Waals surface area contributed by atoms with Gasteiger partial charge in [-0.25, -0.2) is 4.99 Å². The molecule has 2 aromatic rings. The number of methoxy groups -OCH3 is 1. The minimum Gasteiger partial charge on any atom is -0.497 e. The number of hydrogen-bond acceptors (Lipinski definition) is 4. The molecule has 6 nitrogen and oxygen atoms in total. The molecule has 0 spiro atoms. The number of aliphatic hydroxyl groups is 1. The normalized spacial score (nSPS) is 13.9. The number of furan rings is 1. The average molecular weight is 373 g/mol. The summed E-state index contributed by atoms with van der Waals surface area (Å²) in [5.41, 5.74) is 0.103. The average Bonchev–Trinajstić information content (AvgIpc) is 3.10. The van der Waals surface area contributed by atoms with Gasteiger partial charge in [-0.15, -0.1) is 0 Å². The van der Waals surface area contributed by atoms with Crippen molar-refractivity contribution < 1.29 is 14.3 Å². The zero-order valence-corrected chi connectivity index (χ0v) is 16.7. The smallest absolute Gasteiger partial charge is 0.191 e. The number of rotatable bonds is 9. The van der Waals surface area contributed by atoms with Gasteiger partial charge in [0.1, 0.15) is 22.9 Å². The van der Waals surface area contributed by atoms with E-state index in [9.17, 15) is 5.11 Å². The summed E-state index contributed by atoms with van der Waals surface area (Å²) in [5.74, 6) is 2.87. The van der Waals surface area contributed by atoms with Crippen LogP contribution in [0.4, 0.5) is 0 Å². The summed E-state index contributed by atoms with van der Waals surface area (Å²) in [6.07, 6.45) is 1.92. The molecule has 0 bridgehead atoms. The third-order valence-corrected chi connectivity index (χ3v) is 4.23. The largest absolute Gasteiger partial charge is 0.497 e. The zero-order chi connectivity index (χ0) is 19.7. The summed E-state index contributed by atoms with van der Waals surface area (Å²) in [7, 11) is 1.68. The van der Waals surface area contributed by atoms with E-state index in [1.165, 1.54) is 5.56 Å². The van der Waals surface area contributed by atoms with Crippen LogP contribution in [-0.4, -0.2) is 37.8 Å². The highest BCUT2D eigenvalue weighted by atomic mass is 16.5. The van der Waals surface area contributed by atoms with Gasteiger partial charge in [0.15, 0.2) is 5.96 Å². The van der Waals surface area contributed by atoms with Gasteiger partial charge < -0.3 is 24.9 Å². The van der Waals surface area contributed by atoms with Crippen LogP contribution in [0.2, 0.25) is 0 Å². The second-order valence-corrected chi connectivity index (χ2v) is 6.76. The van der Waals surface area contributed by atoms with Gasteiger partial charge in [-0.1, -0.05) is 12.1 Å². The molecule has 3 N–H and O–H groups in total. The highest BCUT2D eigenvalue weighted by Gasteiger charge is 2.26. The summed E-state index contributed by atoms with van der Waals surface area (Å²) >= 11 is 0. The number of aliphatic imine (C=N–C) groups is 1. The van der Waals surface area contributed by atoms with Gasteiger partial charge in [0, 0.05) is 13.1 Å². The van der Waals surface area contributed by atoms with E-state index >= 15 is 0 Å². The molecule has 0 saturated carbocycles. The van der Waals surface area contributed by atoms with Gasteiger partial charge >= 0.3 is 0 Å². The fourth-order valence-electron chi connectivity index (χ4n) is 2.70. The summed E-state index contributed by atoms with van der Waals surface area (Å²) in [4.78, 5) is 4.51. The maximum Gasteiger partial charge on any atom is 0.191 e. The number of aryl methyl sites for hydroxylation is 2. The zero-order valence-electron chi connectivity index (χ0n) is 16.7. The van der Waals surface area contributed by atoms with Crippen LogP contribution in [0.25, 0.3) is 0 Å². The Bertz CT molecular complexity index is 738. The maximum absolute atomic E-state index is 10.6. The Kier molecular flexibility index (Phi) is 7.73. The first-order chi connectivity index (χ1) is 12.9. The third-order valence-electron chi connectivity index (χ3n) is 4.23. The van der Waals surface area contributed by atoms with E-state index in [1.807, 2.05) is 32.0 Å². The van der Waals surface area contributed by atoms with Crippen molar-refractivity contribution in [1.82, 2.24) is 10.6 Å². The fourth-order valence-corrected chi connectivity index (χ4v) is 2.70. The first kappa shape index (κ1) is 20.8. The molecule has 148 valence electrons. The molecule has 0 aliphatic heterocycles. The molecule has 6 heteroatoms. The molecule has 1 atom stereocenters. The Balaban J connectivity index is 1.85. The van der Waals surface area contributed by atoms with E-state index in [0.717, 1.165) is 37.4 Å². The van der Waals surface area contributed by atoms with E-state index in [2.05, 4.69) is 27.8 Å². The summed E-state index contributed by atoms with van der Waals surface area (Å²) in [6.45, 7) is 7.33. The predicted molar refractivity (Wildman–Crippen MR) is 108 cm³/mol. The second-order valence-electron chi connectivity index (χ2n) is 6.76. The van der Waals surface area contributed by atoms with Crippen LogP contribution in [0.1, 0.15) is 37.4 Å². The Labute approximate surface area is 161 Å². The molecule has 1 aromatic carbocycles. The monoisotopic (exact) mass is 373 g/mol. The summed E-state index contributed by atoms with van der Waals surface area (Å²) < 4.78 is 10.8. The molecular formula is C21H31N3O3. The molecule has 0 saturated heterocycles. The van der Waals surface area contributed by atoms with Crippen LogP contribution in [0, 0.1) is 6.92 Å². The Morgan fingerprint density at radius 1 is 1.26 bits per heavy atom. The molecule has 1 aromatic heterocycles. The van der Waals surface area contributed by atoms with Crippen molar-refractivity contribution in [2.24, 2.45) is 4.99 Å². The lowest BCUT2D eigenvalue weighted by Crippen LogP contribution is -2.39. The van der Waals surface area contributed by atoms with Crippen LogP contribution < -0.4 is 15.4 Å². The van der Waals surface area contributed by atoms with Crippen molar-refractivity contribution in [3.05, 3.63) is 53.5 Å². The molecule has 0 aliphatic rings. The van der Waals surface area contributed by atoms with Gasteiger partial charge in [-0.3, -0.25) is 0 Å². The number of ether oxygens (including phenoxy) is 1. The van der Waals surface area contributed by atoms with E-state index in [0.29, 0.717) is 11.7 Å². The minimum atomic E-state index is -1.14. The minimum absolute atomic E-state index is 0.213. The van der Waals surface area contributed by atoms with E-state index < -0.39 is 5.60 Å². The van der Waals surface area contributed by atoms with Crippen LogP contribution in [0.3, 0.4) is 0 Å². The number of guanidine groups is 1. The fraction of sp³-hybridized carbons (Fsp3) is 0.476. The summed E-state index contributed by atoms with van der Waals surface area (Å²) in [5, 5.41) is 17.1.